The van der Waals surface area contributed by atoms with Gasteiger partial charge in [-0.25, -0.2) is 9.59 Å². The Morgan fingerprint density at radius 3 is 2.59 bits per heavy atom. The van der Waals surface area contributed by atoms with E-state index in [1.54, 1.807) is 13.8 Å². The minimum absolute atomic E-state index is 0.0200. The topological polar surface area (TPSA) is 105 Å². The fraction of sp³-hybridized carbons (Fsp3) is 0.357. The lowest BCUT2D eigenvalue weighted by molar-refractivity contribution is -0.136. The Balaban J connectivity index is 2.71. The number of carboxylic acids is 1. The molecule has 1 aromatic carbocycles. The second-order valence-corrected chi connectivity index (χ2v) is 5.08. The quantitative estimate of drug-likeness (QED) is 0.696. The summed E-state index contributed by atoms with van der Waals surface area (Å²) in [6.45, 7) is 3.43. The number of benzene rings is 1. The second-order valence-electron chi connectivity index (χ2n) is 4.67. The molecule has 8 heteroatoms. The van der Waals surface area contributed by atoms with Gasteiger partial charge >= 0.3 is 18.0 Å². The van der Waals surface area contributed by atoms with Crippen LogP contribution in [0.1, 0.15) is 30.6 Å². The van der Waals surface area contributed by atoms with Gasteiger partial charge in [0.25, 0.3) is 0 Å². The Hall–Kier alpha value is -2.28. The normalized spacial score (nSPS) is 10.2. The molecular weight excluding hydrogens is 312 g/mol. The lowest BCUT2D eigenvalue weighted by Crippen LogP contribution is -2.30. The van der Waals surface area contributed by atoms with E-state index < -0.39 is 18.0 Å². The molecule has 0 saturated carbocycles. The maximum atomic E-state index is 11.8. The molecule has 0 radical (unpaired) electrons. The predicted octanol–water partition coefficient (Wildman–Crippen LogP) is 2.50. The van der Waals surface area contributed by atoms with Crippen molar-refractivity contribution in [2.45, 2.75) is 26.4 Å². The monoisotopic (exact) mass is 328 g/mol. The smallest absolute Gasteiger partial charge is 0.338 e. The molecule has 0 fully saturated rings. The van der Waals surface area contributed by atoms with E-state index in [0.29, 0.717) is 0 Å². The van der Waals surface area contributed by atoms with E-state index in [2.05, 4.69) is 10.6 Å². The number of hydrogen-bond acceptors (Lipinski definition) is 4. The van der Waals surface area contributed by atoms with E-state index in [0.717, 1.165) is 0 Å². The first-order chi connectivity index (χ1) is 10.3. The first-order valence-electron chi connectivity index (χ1n) is 6.56. The molecule has 22 heavy (non-hydrogen) atoms. The molecule has 7 nitrogen and oxygen atoms in total. The van der Waals surface area contributed by atoms with E-state index in [1.165, 1.54) is 18.2 Å². The molecule has 2 amide bonds. The number of halogens is 1. The number of esters is 1. The number of ether oxygens (including phenoxy) is 1. The van der Waals surface area contributed by atoms with Crippen LogP contribution in [0.4, 0.5) is 10.5 Å². The van der Waals surface area contributed by atoms with Crippen LogP contribution in [-0.2, 0) is 9.53 Å². The van der Waals surface area contributed by atoms with Crippen molar-refractivity contribution in [3.8, 4) is 0 Å². The molecule has 1 rings (SSSR count). The van der Waals surface area contributed by atoms with Gasteiger partial charge in [-0.2, -0.15) is 0 Å². The van der Waals surface area contributed by atoms with E-state index in [9.17, 15) is 14.4 Å². The summed E-state index contributed by atoms with van der Waals surface area (Å²) in [6.07, 6.45) is -0.457. The van der Waals surface area contributed by atoms with Crippen molar-refractivity contribution in [1.29, 1.82) is 0 Å². The van der Waals surface area contributed by atoms with Gasteiger partial charge in [0.05, 0.1) is 28.8 Å². The molecule has 0 aromatic heterocycles. The lowest BCUT2D eigenvalue weighted by Gasteiger charge is -2.11. The van der Waals surface area contributed by atoms with Gasteiger partial charge in [0.15, 0.2) is 0 Å². The van der Waals surface area contributed by atoms with Crippen LogP contribution in [0.15, 0.2) is 18.2 Å². The zero-order chi connectivity index (χ0) is 16.7. The molecule has 0 spiro atoms. The number of urea groups is 1. The SMILES string of the molecule is CC(C)OC(=O)c1ccc(Cl)c(NC(=O)NCCC(=O)O)c1. The van der Waals surface area contributed by atoms with E-state index in [4.69, 9.17) is 21.4 Å². The van der Waals surface area contributed by atoms with Crippen LogP contribution < -0.4 is 10.6 Å². The van der Waals surface area contributed by atoms with Crippen molar-refractivity contribution in [2.75, 3.05) is 11.9 Å². The van der Waals surface area contributed by atoms with Gasteiger partial charge in [-0.1, -0.05) is 11.6 Å². The second kappa shape index (κ2) is 8.23. The minimum Gasteiger partial charge on any atom is -0.481 e. The van der Waals surface area contributed by atoms with Crippen molar-refractivity contribution < 1.29 is 24.2 Å². The highest BCUT2D eigenvalue weighted by Crippen LogP contribution is 2.23. The fourth-order valence-corrected chi connectivity index (χ4v) is 1.64. The number of carbonyl (C=O) groups excluding carboxylic acids is 2. The van der Waals surface area contributed by atoms with Gasteiger partial charge in [-0.3, -0.25) is 4.79 Å². The van der Waals surface area contributed by atoms with Crippen LogP contribution >= 0.6 is 11.6 Å². The highest BCUT2D eigenvalue weighted by Gasteiger charge is 2.13. The summed E-state index contributed by atoms with van der Waals surface area (Å²) >= 11 is 5.95. The molecule has 0 aliphatic rings. The van der Waals surface area contributed by atoms with Crippen molar-refractivity contribution in [3.63, 3.8) is 0 Å². The maximum Gasteiger partial charge on any atom is 0.338 e. The number of rotatable bonds is 6. The summed E-state index contributed by atoms with van der Waals surface area (Å²) in [5, 5.41) is 13.5. The van der Waals surface area contributed by atoms with Gasteiger partial charge in [-0.05, 0) is 32.0 Å². The van der Waals surface area contributed by atoms with E-state index >= 15 is 0 Å². The Bertz CT molecular complexity index is 574. The third kappa shape index (κ3) is 6.01. The first kappa shape index (κ1) is 17.8. The molecule has 0 unspecified atom stereocenters. The van der Waals surface area contributed by atoms with E-state index in [1.807, 2.05) is 0 Å². The summed E-state index contributed by atoms with van der Waals surface area (Å²) in [6, 6.07) is 3.73. The standard InChI is InChI=1S/C14H17ClN2O5/c1-8(2)22-13(20)9-3-4-10(15)11(7-9)17-14(21)16-6-5-12(18)19/h3-4,7-8H,5-6H2,1-2H3,(H,18,19)(H2,16,17,21). The van der Waals surface area contributed by atoms with Gasteiger partial charge in [0.2, 0.25) is 0 Å². The highest BCUT2D eigenvalue weighted by atomic mass is 35.5. The Morgan fingerprint density at radius 2 is 2.00 bits per heavy atom. The number of hydrogen-bond donors (Lipinski definition) is 3. The van der Waals surface area contributed by atoms with E-state index in [-0.39, 0.29) is 35.3 Å². The average molecular weight is 329 g/mol. The molecule has 0 bridgehead atoms. The zero-order valence-electron chi connectivity index (χ0n) is 12.2. The number of nitrogens with one attached hydrogen (secondary N) is 2. The molecule has 120 valence electrons. The van der Waals surface area contributed by atoms with Crippen LogP contribution in [0.2, 0.25) is 5.02 Å². The number of aliphatic carboxylic acids is 1. The van der Waals surface area contributed by atoms with Gasteiger partial charge in [-0.15, -0.1) is 0 Å². The van der Waals surface area contributed by atoms with Crippen molar-refractivity contribution in [3.05, 3.63) is 28.8 Å². The molecule has 1 aromatic rings. The summed E-state index contributed by atoms with van der Waals surface area (Å²) in [5.74, 6) is -1.54. The Kier molecular flexibility index (Phi) is 6.65. The van der Waals surface area contributed by atoms with Crippen LogP contribution in [0, 0.1) is 0 Å². The van der Waals surface area contributed by atoms with Crippen molar-refractivity contribution in [2.24, 2.45) is 0 Å². The summed E-state index contributed by atoms with van der Waals surface area (Å²) in [7, 11) is 0. The molecule has 3 N–H and O–H groups in total. The van der Waals surface area contributed by atoms with Gasteiger partial charge in [0, 0.05) is 6.54 Å². The summed E-state index contributed by atoms with van der Waals surface area (Å²) < 4.78 is 5.05. The van der Waals surface area contributed by atoms with Crippen LogP contribution in [0.5, 0.6) is 0 Å². The lowest BCUT2D eigenvalue weighted by atomic mass is 10.2. The zero-order valence-corrected chi connectivity index (χ0v) is 12.9. The molecule has 0 saturated heterocycles. The summed E-state index contributed by atoms with van der Waals surface area (Å²) in [5.41, 5.74) is 0.478. The van der Waals surface area contributed by atoms with Crippen molar-refractivity contribution in [1.82, 2.24) is 5.32 Å². The first-order valence-corrected chi connectivity index (χ1v) is 6.94. The molecule has 0 atom stereocenters. The van der Waals surface area contributed by atoms with Crippen LogP contribution in [0.25, 0.3) is 0 Å². The highest BCUT2D eigenvalue weighted by molar-refractivity contribution is 6.33. The number of carboxylic acid groups (broad SMARTS) is 1. The minimum atomic E-state index is -1.02. The largest absolute Gasteiger partial charge is 0.481 e. The Labute approximate surface area is 132 Å². The van der Waals surface area contributed by atoms with Crippen LogP contribution in [0.3, 0.4) is 0 Å². The summed E-state index contributed by atoms with van der Waals surface area (Å²) in [4.78, 5) is 33.8. The Morgan fingerprint density at radius 1 is 1.32 bits per heavy atom. The average Bonchev–Trinajstić information content (AvgIpc) is 2.40. The predicted molar refractivity (Wildman–Crippen MR) is 81.3 cm³/mol. The van der Waals surface area contributed by atoms with Crippen molar-refractivity contribution >= 4 is 35.3 Å². The molecule has 0 heterocycles. The molecule has 0 aliphatic carbocycles. The number of carbonyl (C=O) groups is 3. The van der Waals surface area contributed by atoms with Gasteiger partial charge in [0.1, 0.15) is 0 Å². The molecule has 0 aliphatic heterocycles. The van der Waals surface area contributed by atoms with Crippen LogP contribution in [-0.4, -0.2) is 35.7 Å². The third-order valence-electron chi connectivity index (χ3n) is 2.42. The number of anilines is 1. The van der Waals surface area contributed by atoms with Gasteiger partial charge < -0.3 is 20.5 Å². The molecular formula is C14H17ClN2O5. The third-order valence-corrected chi connectivity index (χ3v) is 2.75. The fourth-order valence-electron chi connectivity index (χ4n) is 1.48. The maximum absolute atomic E-state index is 11.8. The number of amides is 2.